The largest absolute Gasteiger partial charge is 0.393 e. The highest BCUT2D eigenvalue weighted by atomic mass is 16.5. The molecule has 0 heterocycles. The number of aliphatic hydroxyl groups is 1. The van der Waals surface area contributed by atoms with Crippen LogP contribution in [-0.4, -0.2) is 56.8 Å². The highest BCUT2D eigenvalue weighted by Gasteiger charge is 2.62. The fourth-order valence-corrected chi connectivity index (χ4v) is 10.6. The van der Waals surface area contributed by atoms with Crippen LogP contribution in [0.3, 0.4) is 0 Å². The van der Waals surface area contributed by atoms with Gasteiger partial charge in [-0.3, -0.25) is 0 Å². The maximum Gasteiger partial charge on any atom is 0.0577 e. The van der Waals surface area contributed by atoms with Gasteiger partial charge >= 0.3 is 0 Å². The summed E-state index contributed by atoms with van der Waals surface area (Å²) in [5, 5.41) is 15.6. The third-order valence-electron chi connectivity index (χ3n) is 12.9. The molecule has 0 aliphatic heterocycles. The molecule has 5 heteroatoms. The zero-order valence-electron chi connectivity index (χ0n) is 27.7. The van der Waals surface area contributed by atoms with E-state index in [0.717, 1.165) is 88.2 Å². The monoisotopic (exact) mass is 577 g/mol. The summed E-state index contributed by atoms with van der Waals surface area (Å²) in [5.74, 6) is 5.17. The van der Waals surface area contributed by atoms with Crippen molar-refractivity contribution >= 4 is 0 Å². The molecule has 4 aliphatic rings. The first-order valence-corrected chi connectivity index (χ1v) is 18.0. The molecule has 0 radical (unpaired) electrons. The Balaban J connectivity index is 1.22. The third kappa shape index (κ3) is 8.10. The van der Waals surface area contributed by atoms with E-state index in [1.807, 2.05) is 0 Å². The molecule has 0 amide bonds. The average molecular weight is 577 g/mol. The second-order valence-electron chi connectivity index (χ2n) is 15.8. The SMILES string of the molecule is CC(C)CCC[C@@H](C)C1CCC2C3C(CC[C@@]21C)[C@@]1(C)CC[C@H](NCCCOCCCOCCCN)C[C@@H]1C[C@@H]3O. The molecule has 4 unspecified atom stereocenters. The van der Waals surface area contributed by atoms with Gasteiger partial charge in [0, 0.05) is 32.5 Å². The minimum absolute atomic E-state index is 0.0934. The minimum Gasteiger partial charge on any atom is -0.393 e. The lowest BCUT2D eigenvalue weighted by atomic mass is 9.43. The number of rotatable bonds is 17. The predicted octanol–water partition coefficient (Wildman–Crippen LogP) is 7.20. The second-order valence-corrected chi connectivity index (χ2v) is 15.8. The molecule has 0 aromatic carbocycles. The standard InChI is InChI=1S/C36H68N2O3/c1-26(2)10-6-11-27(3)30-12-13-31-34-32(15-17-36(30,31)5)35(4)16-14-29(24-28(35)25-33(34)39)38-19-8-21-41-23-9-22-40-20-7-18-37/h26-34,38-39H,6-25,37H2,1-5H3/t27-,28-,29+,30?,31?,32?,33+,34?,35+,36-/m1/s1. The van der Waals surface area contributed by atoms with E-state index in [4.69, 9.17) is 15.2 Å². The van der Waals surface area contributed by atoms with Gasteiger partial charge in [0.2, 0.25) is 0 Å². The van der Waals surface area contributed by atoms with Gasteiger partial charge in [-0.15, -0.1) is 0 Å². The topological polar surface area (TPSA) is 76.7 Å². The van der Waals surface area contributed by atoms with E-state index in [1.54, 1.807) is 0 Å². The second kappa shape index (κ2) is 15.7. The van der Waals surface area contributed by atoms with Crippen molar-refractivity contribution in [1.29, 1.82) is 0 Å². The fraction of sp³-hybridized carbons (Fsp3) is 1.00. The molecule has 5 nitrogen and oxygen atoms in total. The summed E-state index contributed by atoms with van der Waals surface area (Å²) in [7, 11) is 0. The van der Waals surface area contributed by atoms with Crippen molar-refractivity contribution in [3.8, 4) is 0 Å². The predicted molar refractivity (Wildman–Crippen MR) is 171 cm³/mol. The molecule has 4 rings (SSSR count). The van der Waals surface area contributed by atoms with Crippen LogP contribution < -0.4 is 11.1 Å². The zero-order valence-corrected chi connectivity index (χ0v) is 27.7. The van der Waals surface area contributed by atoms with Crippen LogP contribution in [0, 0.1) is 52.3 Å². The molecule has 4 N–H and O–H groups in total. The molecule has 10 atom stereocenters. The van der Waals surface area contributed by atoms with Gasteiger partial charge in [0.15, 0.2) is 0 Å². The molecule has 0 bridgehead atoms. The molecule has 0 saturated heterocycles. The van der Waals surface area contributed by atoms with Crippen LogP contribution in [0.15, 0.2) is 0 Å². The summed E-state index contributed by atoms with van der Waals surface area (Å²) < 4.78 is 11.4. The molecule has 0 aromatic heterocycles. The van der Waals surface area contributed by atoms with Crippen molar-refractivity contribution in [3.63, 3.8) is 0 Å². The molecule has 0 spiro atoms. The van der Waals surface area contributed by atoms with Crippen molar-refractivity contribution in [3.05, 3.63) is 0 Å². The summed E-state index contributed by atoms with van der Waals surface area (Å²) >= 11 is 0. The Morgan fingerprint density at radius 3 is 2.22 bits per heavy atom. The van der Waals surface area contributed by atoms with Crippen LogP contribution >= 0.6 is 0 Å². The number of aliphatic hydroxyl groups excluding tert-OH is 1. The Kier molecular flexibility index (Phi) is 12.9. The van der Waals surface area contributed by atoms with Gasteiger partial charge in [-0.25, -0.2) is 0 Å². The van der Waals surface area contributed by atoms with Crippen LogP contribution in [0.1, 0.15) is 125 Å². The van der Waals surface area contributed by atoms with Gasteiger partial charge in [-0.05, 0) is 136 Å². The number of fused-ring (bicyclic) bond motifs is 5. The molecular formula is C36H68N2O3. The van der Waals surface area contributed by atoms with Crippen LogP contribution in [0.2, 0.25) is 0 Å². The normalized spacial score (nSPS) is 39.4. The number of nitrogens with one attached hydrogen (secondary N) is 1. The van der Waals surface area contributed by atoms with E-state index >= 15 is 0 Å². The summed E-state index contributed by atoms with van der Waals surface area (Å²) in [6.07, 6.45) is 17.5. The zero-order chi connectivity index (χ0) is 29.5. The Bertz CT molecular complexity index is 763. The van der Waals surface area contributed by atoms with E-state index < -0.39 is 0 Å². The van der Waals surface area contributed by atoms with Crippen LogP contribution in [0.4, 0.5) is 0 Å². The molecule has 240 valence electrons. The smallest absolute Gasteiger partial charge is 0.0577 e. The van der Waals surface area contributed by atoms with Crippen LogP contribution in [-0.2, 0) is 9.47 Å². The Morgan fingerprint density at radius 1 is 0.805 bits per heavy atom. The number of nitrogens with two attached hydrogens (primary N) is 1. The summed E-state index contributed by atoms with van der Waals surface area (Å²) in [6, 6.07) is 0.601. The van der Waals surface area contributed by atoms with Gasteiger partial charge < -0.3 is 25.6 Å². The van der Waals surface area contributed by atoms with E-state index in [-0.39, 0.29) is 6.10 Å². The van der Waals surface area contributed by atoms with Gasteiger partial charge in [0.05, 0.1) is 6.10 Å². The van der Waals surface area contributed by atoms with Gasteiger partial charge in [-0.2, -0.15) is 0 Å². The van der Waals surface area contributed by atoms with Crippen molar-refractivity contribution in [2.45, 2.75) is 137 Å². The van der Waals surface area contributed by atoms with E-state index in [9.17, 15) is 5.11 Å². The van der Waals surface area contributed by atoms with Crippen molar-refractivity contribution in [1.82, 2.24) is 5.32 Å². The minimum atomic E-state index is -0.0934. The summed E-state index contributed by atoms with van der Waals surface area (Å²) in [5.41, 5.74) is 6.35. The van der Waals surface area contributed by atoms with E-state index in [2.05, 4.69) is 39.9 Å². The molecule has 0 aromatic rings. The van der Waals surface area contributed by atoms with Crippen molar-refractivity contribution < 1.29 is 14.6 Å². The number of hydrogen-bond acceptors (Lipinski definition) is 5. The van der Waals surface area contributed by atoms with E-state index in [0.29, 0.717) is 35.3 Å². The summed E-state index contributed by atoms with van der Waals surface area (Å²) in [4.78, 5) is 0. The lowest BCUT2D eigenvalue weighted by molar-refractivity contribution is -0.167. The lowest BCUT2D eigenvalue weighted by Crippen LogP contribution is -2.59. The average Bonchev–Trinajstić information content (AvgIpc) is 3.29. The quantitative estimate of drug-likeness (QED) is 0.160. The molecule has 4 aliphatic carbocycles. The third-order valence-corrected chi connectivity index (χ3v) is 12.9. The van der Waals surface area contributed by atoms with Crippen LogP contribution in [0.25, 0.3) is 0 Å². The Hall–Kier alpha value is -0.200. The lowest BCUT2D eigenvalue weighted by Gasteiger charge is -2.62. The Morgan fingerprint density at radius 2 is 1.49 bits per heavy atom. The first-order chi connectivity index (χ1) is 19.7. The maximum absolute atomic E-state index is 11.8. The van der Waals surface area contributed by atoms with Crippen LogP contribution in [0.5, 0.6) is 0 Å². The number of hydrogen-bond donors (Lipinski definition) is 3. The fourth-order valence-electron chi connectivity index (χ4n) is 10.6. The van der Waals surface area contributed by atoms with E-state index in [1.165, 1.54) is 64.2 Å². The van der Waals surface area contributed by atoms with Gasteiger partial charge in [-0.1, -0.05) is 53.9 Å². The number of ether oxygens (including phenoxy) is 2. The first-order valence-electron chi connectivity index (χ1n) is 18.0. The van der Waals surface area contributed by atoms with Crippen molar-refractivity contribution in [2.24, 2.45) is 58.0 Å². The molecule has 4 saturated carbocycles. The molecular weight excluding hydrogens is 508 g/mol. The summed E-state index contributed by atoms with van der Waals surface area (Å²) in [6.45, 7) is 17.4. The highest BCUT2D eigenvalue weighted by molar-refractivity contribution is 5.12. The van der Waals surface area contributed by atoms with Crippen molar-refractivity contribution in [2.75, 3.05) is 39.5 Å². The highest BCUT2D eigenvalue weighted by Crippen LogP contribution is 2.68. The Labute approximate surface area is 253 Å². The van der Waals surface area contributed by atoms with Gasteiger partial charge in [0.25, 0.3) is 0 Å². The molecule has 4 fully saturated rings. The first kappa shape index (κ1) is 33.7. The van der Waals surface area contributed by atoms with Gasteiger partial charge in [0.1, 0.15) is 0 Å². The maximum atomic E-state index is 11.8. The molecule has 41 heavy (non-hydrogen) atoms.